The summed E-state index contributed by atoms with van der Waals surface area (Å²) in [6.45, 7) is 5.76. The van der Waals surface area contributed by atoms with Gasteiger partial charge < -0.3 is 9.64 Å². The fourth-order valence-electron chi connectivity index (χ4n) is 3.36. The molecule has 0 saturated heterocycles. The van der Waals surface area contributed by atoms with Crippen LogP contribution in [0.15, 0.2) is 60.7 Å². The van der Waals surface area contributed by atoms with E-state index in [1.165, 1.54) is 0 Å². The monoisotopic (exact) mass is 361 g/mol. The molecule has 0 saturated carbocycles. The number of carbonyl (C=O) groups is 1. The molecule has 1 amide bonds. The van der Waals surface area contributed by atoms with Gasteiger partial charge in [-0.05, 0) is 44.2 Å². The number of amides is 1. The summed E-state index contributed by atoms with van der Waals surface area (Å²) in [6, 6.07) is 19.6. The number of nitrogens with zero attached hydrogens (tertiary/aromatic N) is 3. The predicted octanol–water partition coefficient (Wildman–Crippen LogP) is 3.82. The maximum Gasteiger partial charge on any atom is 0.254 e. The third-order valence-electron chi connectivity index (χ3n) is 4.90. The van der Waals surface area contributed by atoms with E-state index in [-0.39, 0.29) is 11.9 Å². The number of benzene rings is 2. The summed E-state index contributed by atoms with van der Waals surface area (Å²) < 4.78 is 7.79. The Labute approximate surface area is 159 Å². The summed E-state index contributed by atoms with van der Waals surface area (Å²) in [5.41, 5.74) is 3.80. The Kier molecular flexibility index (Phi) is 4.67. The van der Waals surface area contributed by atoms with Crippen LogP contribution in [0, 0.1) is 6.92 Å². The zero-order valence-corrected chi connectivity index (χ0v) is 15.6. The van der Waals surface area contributed by atoms with Crippen LogP contribution in [-0.4, -0.2) is 26.6 Å². The molecule has 2 heterocycles. The number of hydrogen-bond acceptors (Lipinski definition) is 3. The largest absolute Gasteiger partial charge is 0.487 e. The first-order valence-corrected chi connectivity index (χ1v) is 9.21. The van der Waals surface area contributed by atoms with Crippen molar-refractivity contribution in [1.82, 2.24) is 14.7 Å². The summed E-state index contributed by atoms with van der Waals surface area (Å²) in [5.74, 6) is 0.894. The van der Waals surface area contributed by atoms with Crippen molar-refractivity contribution in [2.45, 2.75) is 39.6 Å². The highest BCUT2D eigenvalue weighted by Gasteiger charge is 2.28. The molecule has 1 atom stereocenters. The van der Waals surface area contributed by atoms with E-state index in [1.807, 2.05) is 77.2 Å². The molecule has 27 heavy (non-hydrogen) atoms. The quantitative estimate of drug-likeness (QED) is 0.710. The third-order valence-corrected chi connectivity index (χ3v) is 4.90. The van der Waals surface area contributed by atoms with Crippen LogP contribution in [0.3, 0.4) is 0 Å². The van der Waals surface area contributed by atoms with Crippen LogP contribution in [-0.2, 0) is 19.7 Å². The molecular weight excluding hydrogens is 338 g/mol. The molecule has 0 bridgehead atoms. The summed E-state index contributed by atoms with van der Waals surface area (Å²) in [6.07, 6.45) is 0. The second-order valence-corrected chi connectivity index (χ2v) is 7.06. The molecule has 3 aromatic rings. The van der Waals surface area contributed by atoms with Gasteiger partial charge in [0.2, 0.25) is 0 Å². The Morgan fingerprint density at radius 1 is 1.15 bits per heavy atom. The molecule has 5 nitrogen and oxygen atoms in total. The smallest absolute Gasteiger partial charge is 0.254 e. The molecule has 0 spiro atoms. The highest BCUT2D eigenvalue weighted by atomic mass is 16.5. The lowest BCUT2D eigenvalue weighted by molar-refractivity contribution is 0.0606. The average molecular weight is 361 g/mol. The van der Waals surface area contributed by atoms with E-state index >= 15 is 0 Å². The van der Waals surface area contributed by atoms with Crippen molar-refractivity contribution in [2.24, 2.45) is 0 Å². The van der Waals surface area contributed by atoms with E-state index in [0.717, 1.165) is 28.3 Å². The van der Waals surface area contributed by atoms with Gasteiger partial charge in [-0.2, -0.15) is 5.10 Å². The average Bonchev–Trinajstić information content (AvgIpc) is 3.08. The Morgan fingerprint density at radius 3 is 2.63 bits per heavy atom. The maximum atomic E-state index is 12.9. The van der Waals surface area contributed by atoms with E-state index in [2.05, 4.69) is 12.0 Å². The van der Waals surface area contributed by atoms with Crippen molar-refractivity contribution < 1.29 is 9.53 Å². The van der Waals surface area contributed by atoms with Gasteiger partial charge in [0.15, 0.2) is 0 Å². The molecule has 5 heteroatoms. The SMILES string of the molecule is Cc1ccc(C(=O)N2Cc3cc(COc4ccccc4)nn3CC2C)cc1. The van der Waals surface area contributed by atoms with Gasteiger partial charge in [0.25, 0.3) is 5.91 Å². The Bertz CT molecular complexity index is 932. The molecule has 138 valence electrons. The van der Waals surface area contributed by atoms with Crippen molar-refractivity contribution >= 4 is 5.91 Å². The van der Waals surface area contributed by atoms with Gasteiger partial charge in [-0.25, -0.2) is 0 Å². The first-order valence-electron chi connectivity index (χ1n) is 9.21. The summed E-state index contributed by atoms with van der Waals surface area (Å²) in [5, 5.41) is 4.65. The van der Waals surface area contributed by atoms with Gasteiger partial charge in [0, 0.05) is 11.6 Å². The number of aryl methyl sites for hydroxylation is 1. The number of carbonyl (C=O) groups excluding carboxylic acids is 1. The summed E-state index contributed by atoms with van der Waals surface area (Å²) in [4.78, 5) is 14.8. The molecule has 2 aromatic carbocycles. The highest BCUT2D eigenvalue weighted by Crippen LogP contribution is 2.22. The zero-order valence-electron chi connectivity index (χ0n) is 15.6. The van der Waals surface area contributed by atoms with Crippen molar-refractivity contribution in [3.63, 3.8) is 0 Å². The van der Waals surface area contributed by atoms with Gasteiger partial charge in [0.05, 0.1) is 18.8 Å². The second kappa shape index (κ2) is 7.27. The van der Waals surface area contributed by atoms with E-state index in [4.69, 9.17) is 4.74 Å². The number of para-hydroxylation sites is 1. The summed E-state index contributed by atoms with van der Waals surface area (Å²) in [7, 11) is 0. The zero-order chi connectivity index (χ0) is 18.8. The lowest BCUT2D eigenvalue weighted by Crippen LogP contribution is -2.44. The fourth-order valence-corrected chi connectivity index (χ4v) is 3.36. The molecule has 1 aliphatic rings. The van der Waals surface area contributed by atoms with Crippen LogP contribution >= 0.6 is 0 Å². The predicted molar refractivity (Wildman–Crippen MR) is 104 cm³/mol. The molecule has 1 aromatic heterocycles. The van der Waals surface area contributed by atoms with E-state index < -0.39 is 0 Å². The minimum Gasteiger partial charge on any atom is -0.487 e. The van der Waals surface area contributed by atoms with Crippen LogP contribution in [0.2, 0.25) is 0 Å². The van der Waals surface area contributed by atoms with Crippen molar-refractivity contribution in [2.75, 3.05) is 0 Å². The molecule has 1 unspecified atom stereocenters. The summed E-state index contributed by atoms with van der Waals surface area (Å²) >= 11 is 0. The van der Waals surface area contributed by atoms with Gasteiger partial charge in [0.1, 0.15) is 18.1 Å². The molecule has 4 rings (SSSR count). The first-order chi connectivity index (χ1) is 13.1. The second-order valence-electron chi connectivity index (χ2n) is 7.06. The number of rotatable bonds is 4. The number of aromatic nitrogens is 2. The lowest BCUT2D eigenvalue weighted by atomic mass is 10.1. The van der Waals surface area contributed by atoms with E-state index in [0.29, 0.717) is 19.7 Å². The van der Waals surface area contributed by atoms with Crippen LogP contribution in [0.5, 0.6) is 5.75 Å². The van der Waals surface area contributed by atoms with Crippen molar-refractivity contribution in [3.05, 3.63) is 83.2 Å². The molecule has 0 aliphatic carbocycles. The van der Waals surface area contributed by atoms with Crippen LogP contribution in [0.25, 0.3) is 0 Å². The minimum atomic E-state index is 0.0667. The Morgan fingerprint density at radius 2 is 1.89 bits per heavy atom. The molecule has 0 fully saturated rings. The van der Waals surface area contributed by atoms with Gasteiger partial charge in [-0.1, -0.05) is 35.9 Å². The lowest BCUT2D eigenvalue weighted by Gasteiger charge is -2.34. The van der Waals surface area contributed by atoms with Crippen LogP contribution in [0.4, 0.5) is 0 Å². The van der Waals surface area contributed by atoms with Crippen molar-refractivity contribution in [3.8, 4) is 5.75 Å². The molecular formula is C22H23N3O2. The van der Waals surface area contributed by atoms with Crippen molar-refractivity contribution in [1.29, 1.82) is 0 Å². The maximum absolute atomic E-state index is 12.9. The number of ether oxygens (including phenoxy) is 1. The van der Waals surface area contributed by atoms with Crippen LogP contribution < -0.4 is 4.74 Å². The van der Waals surface area contributed by atoms with E-state index in [1.54, 1.807) is 0 Å². The Balaban J connectivity index is 1.47. The number of hydrogen-bond donors (Lipinski definition) is 0. The highest BCUT2D eigenvalue weighted by molar-refractivity contribution is 5.94. The third kappa shape index (κ3) is 3.72. The molecule has 0 N–H and O–H groups in total. The normalized spacial score (nSPS) is 16.1. The van der Waals surface area contributed by atoms with Gasteiger partial charge in [-0.15, -0.1) is 0 Å². The minimum absolute atomic E-state index is 0.0667. The molecule has 0 radical (unpaired) electrons. The van der Waals surface area contributed by atoms with Crippen LogP contribution in [0.1, 0.15) is 34.2 Å². The first kappa shape index (κ1) is 17.3. The number of fused-ring (bicyclic) bond motifs is 1. The van der Waals surface area contributed by atoms with E-state index in [9.17, 15) is 4.79 Å². The topological polar surface area (TPSA) is 47.4 Å². The Hall–Kier alpha value is -3.08. The van der Waals surface area contributed by atoms with Gasteiger partial charge >= 0.3 is 0 Å². The fraction of sp³-hybridized carbons (Fsp3) is 0.273. The molecule has 1 aliphatic heterocycles. The van der Waals surface area contributed by atoms with Gasteiger partial charge in [-0.3, -0.25) is 9.48 Å². The standard InChI is InChI=1S/C22H23N3O2/c1-16-8-10-18(11-9-16)22(26)24-14-20-12-19(23-25(20)13-17(24)2)15-27-21-6-4-3-5-7-21/h3-12,17H,13-15H2,1-2H3.